The first kappa shape index (κ1) is 12.1. The molecule has 0 saturated carbocycles. The molecular formula is C10H13F2ISi. The molecule has 1 aromatic rings. The van der Waals surface area contributed by atoms with Crippen LogP contribution in [0.4, 0.5) is 8.78 Å². The first-order valence-corrected chi connectivity index (χ1v) is 8.97. The summed E-state index contributed by atoms with van der Waals surface area (Å²) in [5.41, 5.74) is -2.49. The normalized spacial score (nSPS) is 13.0. The van der Waals surface area contributed by atoms with Gasteiger partial charge in [-0.3, -0.25) is 0 Å². The van der Waals surface area contributed by atoms with Gasteiger partial charge in [0.05, 0.1) is 0 Å². The Morgan fingerprint density at radius 3 is 1.86 bits per heavy atom. The van der Waals surface area contributed by atoms with Gasteiger partial charge in [0.25, 0.3) is 5.55 Å². The average Bonchev–Trinajstić information content (AvgIpc) is 2.03. The van der Waals surface area contributed by atoms with Gasteiger partial charge < -0.3 is 0 Å². The molecule has 0 spiro atoms. The molecule has 78 valence electrons. The highest BCUT2D eigenvalue weighted by Gasteiger charge is 2.46. The summed E-state index contributed by atoms with van der Waals surface area (Å²) < 4.78 is 28.7. The van der Waals surface area contributed by atoms with Crippen molar-refractivity contribution in [2.45, 2.75) is 25.2 Å². The van der Waals surface area contributed by atoms with Gasteiger partial charge in [0, 0.05) is 9.13 Å². The molecule has 0 N–H and O–H groups in total. The zero-order chi connectivity index (χ0) is 11.0. The van der Waals surface area contributed by atoms with Crippen LogP contribution in [0.2, 0.25) is 19.6 Å². The fraction of sp³-hybridized carbons (Fsp3) is 0.400. The number of rotatable bonds is 2. The van der Waals surface area contributed by atoms with E-state index < -0.39 is 13.6 Å². The number of halogens is 3. The van der Waals surface area contributed by atoms with Gasteiger partial charge in [0.1, 0.15) is 8.07 Å². The van der Waals surface area contributed by atoms with Gasteiger partial charge in [-0.15, -0.1) is 0 Å². The van der Waals surface area contributed by atoms with E-state index in [4.69, 9.17) is 0 Å². The third-order valence-electron chi connectivity index (χ3n) is 2.15. The molecule has 0 amide bonds. The maximum Gasteiger partial charge on any atom is 0.253 e. The quantitative estimate of drug-likeness (QED) is 0.563. The smallest absolute Gasteiger partial charge is 0.207 e. The summed E-state index contributed by atoms with van der Waals surface area (Å²) in [5, 5.41) is 0. The highest BCUT2D eigenvalue weighted by molar-refractivity contribution is 14.1. The van der Waals surface area contributed by atoms with Gasteiger partial charge in [0.15, 0.2) is 0 Å². The van der Waals surface area contributed by atoms with Crippen molar-refractivity contribution in [3.8, 4) is 0 Å². The van der Waals surface area contributed by atoms with Crippen LogP contribution in [0.1, 0.15) is 5.56 Å². The average molecular weight is 326 g/mol. The van der Waals surface area contributed by atoms with Crippen LogP contribution in [0.3, 0.4) is 0 Å². The van der Waals surface area contributed by atoms with Crippen molar-refractivity contribution in [3.05, 3.63) is 33.4 Å². The lowest BCUT2D eigenvalue weighted by molar-refractivity contribution is 0.0795. The lowest BCUT2D eigenvalue weighted by atomic mass is 10.2. The standard InChI is InChI=1S/C10H13F2ISi/c1-14(2,3)10(11,12)8-4-6-9(13)7-5-8/h4-7H,1-3H3. The lowest BCUT2D eigenvalue weighted by Crippen LogP contribution is -2.42. The van der Waals surface area contributed by atoms with Gasteiger partial charge in [-0.2, -0.15) is 0 Å². The summed E-state index contributed by atoms with van der Waals surface area (Å²) in [4.78, 5) is 0. The molecule has 0 aliphatic carbocycles. The fourth-order valence-corrected chi connectivity index (χ4v) is 2.48. The number of benzene rings is 1. The zero-order valence-corrected chi connectivity index (χ0v) is 11.6. The van der Waals surface area contributed by atoms with Crippen LogP contribution in [-0.2, 0) is 5.55 Å². The van der Waals surface area contributed by atoms with Crippen molar-refractivity contribution in [2.75, 3.05) is 0 Å². The van der Waals surface area contributed by atoms with E-state index in [0.717, 1.165) is 3.57 Å². The number of hydrogen-bond acceptors (Lipinski definition) is 0. The summed E-state index contributed by atoms with van der Waals surface area (Å²) >= 11 is 2.11. The van der Waals surface area contributed by atoms with Crippen LogP contribution < -0.4 is 0 Å². The van der Waals surface area contributed by atoms with E-state index in [1.807, 2.05) is 0 Å². The molecule has 4 heteroatoms. The molecule has 14 heavy (non-hydrogen) atoms. The predicted octanol–water partition coefficient (Wildman–Crippen LogP) is 4.26. The van der Waals surface area contributed by atoms with E-state index in [2.05, 4.69) is 22.6 Å². The third kappa shape index (κ3) is 2.33. The van der Waals surface area contributed by atoms with Crippen molar-refractivity contribution < 1.29 is 8.78 Å². The van der Waals surface area contributed by atoms with Gasteiger partial charge in [0.2, 0.25) is 0 Å². The monoisotopic (exact) mass is 326 g/mol. The van der Waals surface area contributed by atoms with E-state index in [1.54, 1.807) is 31.8 Å². The van der Waals surface area contributed by atoms with Gasteiger partial charge in [-0.1, -0.05) is 31.8 Å². The highest BCUT2D eigenvalue weighted by atomic mass is 127. The minimum atomic E-state index is -2.64. The fourth-order valence-electron chi connectivity index (χ4n) is 1.09. The second-order valence-corrected chi connectivity index (χ2v) is 10.7. The maximum absolute atomic E-state index is 13.9. The molecule has 0 fully saturated rings. The molecule has 0 bridgehead atoms. The SMILES string of the molecule is C[Si](C)(C)C(F)(F)c1ccc(I)cc1. The Morgan fingerprint density at radius 1 is 1.07 bits per heavy atom. The minimum Gasteiger partial charge on any atom is -0.207 e. The molecule has 0 nitrogen and oxygen atoms in total. The second-order valence-electron chi connectivity index (χ2n) is 4.33. The number of alkyl halides is 2. The van der Waals surface area contributed by atoms with Crippen LogP contribution in [0, 0.1) is 3.57 Å². The summed E-state index contributed by atoms with van der Waals surface area (Å²) in [6.07, 6.45) is 0. The molecular weight excluding hydrogens is 313 g/mol. The highest BCUT2D eigenvalue weighted by Crippen LogP contribution is 2.37. The Labute approximate surface area is 97.9 Å². The minimum absolute atomic E-state index is 0.150. The van der Waals surface area contributed by atoms with Crippen LogP contribution in [-0.4, -0.2) is 8.07 Å². The molecule has 1 rings (SSSR count). The molecule has 0 aliphatic rings. The Balaban J connectivity index is 3.10. The number of hydrogen-bond donors (Lipinski definition) is 0. The molecule has 0 atom stereocenters. The van der Waals surface area contributed by atoms with Crippen molar-refractivity contribution in [1.82, 2.24) is 0 Å². The van der Waals surface area contributed by atoms with E-state index in [1.165, 1.54) is 12.1 Å². The first-order valence-electron chi connectivity index (χ1n) is 4.39. The predicted molar refractivity (Wildman–Crippen MR) is 66.4 cm³/mol. The zero-order valence-electron chi connectivity index (χ0n) is 8.44. The van der Waals surface area contributed by atoms with Crippen molar-refractivity contribution in [2.24, 2.45) is 0 Å². The summed E-state index contributed by atoms with van der Waals surface area (Å²) in [6.45, 7) is 5.06. The topological polar surface area (TPSA) is 0 Å². The molecule has 0 aliphatic heterocycles. The molecule has 0 saturated heterocycles. The molecule has 0 heterocycles. The van der Waals surface area contributed by atoms with E-state index in [9.17, 15) is 8.78 Å². The van der Waals surface area contributed by atoms with Crippen LogP contribution in [0.25, 0.3) is 0 Å². The van der Waals surface area contributed by atoms with E-state index in [-0.39, 0.29) is 5.56 Å². The molecule has 0 unspecified atom stereocenters. The molecule has 1 aromatic carbocycles. The van der Waals surface area contributed by atoms with Gasteiger partial charge in [-0.05, 0) is 34.7 Å². The molecule has 0 aromatic heterocycles. The van der Waals surface area contributed by atoms with E-state index in [0.29, 0.717) is 0 Å². The Kier molecular flexibility index (Phi) is 3.36. The lowest BCUT2D eigenvalue weighted by Gasteiger charge is -2.28. The van der Waals surface area contributed by atoms with Crippen molar-refractivity contribution in [1.29, 1.82) is 0 Å². The summed E-state index contributed by atoms with van der Waals surface area (Å²) in [6, 6.07) is 6.51. The van der Waals surface area contributed by atoms with Gasteiger partial charge in [-0.25, -0.2) is 8.78 Å². The largest absolute Gasteiger partial charge is 0.253 e. The Bertz CT molecular complexity index is 314. The summed E-state index contributed by atoms with van der Waals surface area (Å²) in [5.74, 6) is 0. The van der Waals surface area contributed by atoms with Crippen LogP contribution in [0.15, 0.2) is 24.3 Å². The molecule has 0 radical (unpaired) electrons. The first-order chi connectivity index (χ1) is 6.25. The maximum atomic E-state index is 13.9. The summed E-state index contributed by atoms with van der Waals surface area (Å²) in [7, 11) is -2.48. The van der Waals surface area contributed by atoms with Crippen LogP contribution in [0.5, 0.6) is 0 Å². The Hall–Kier alpha value is 0.0269. The third-order valence-corrected chi connectivity index (χ3v) is 5.04. The van der Waals surface area contributed by atoms with Crippen molar-refractivity contribution >= 4 is 30.7 Å². The second kappa shape index (κ2) is 3.88. The van der Waals surface area contributed by atoms with Crippen molar-refractivity contribution in [3.63, 3.8) is 0 Å². The van der Waals surface area contributed by atoms with E-state index >= 15 is 0 Å². The van der Waals surface area contributed by atoms with Crippen LogP contribution >= 0.6 is 22.6 Å². The Morgan fingerprint density at radius 2 is 1.50 bits per heavy atom. The van der Waals surface area contributed by atoms with Gasteiger partial charge >= 0.3 is 0 Å².